The zero-order valence-corrected chi connectivity index (χ0v) is 16.0. The Morgan fingerprint density at radius 1 is 1.22 bits per heavy atom. The van der Waals surface area contributed by atoms with Gasteiger partial charge in [0.05, 0.1) is 44.9 Å². The van der Waals surface area contributed by atoms with Crippen LogP contribution >= 0.6 is 0 Å². The zero-order chi connectivity index (χ0) is 19.4. The number of benzene rings is 1. The number of aromatic nitrogens is 2. The molecule has 0 bridgehead atoms. The summed E-state index contributed by atoms with van der Waals surface area (Å²) in [7, 11) is 2.95. The quantitative estimate of drug-likeness (QED) is 0.726. The second kappa shape index (κ2) is 8.24. The lowest BCUT2D eigenvalue weighted by Crippen LogP contribution is -2.50. The second-order valence-corrected chi connectivity index (χ2v) is 6.62. The lowest BCUT2D eigenvalue weighted by molar-refractivity contribution is -0.153. The number of aryl methyl sites for hydroxylation is 1. The highest BCUT2D eigenvalue weighted by atomic mass is 16.5. The molecule has 0 saturated heterocycles. The molecule has 7 nitrogen and oxygen atoms in total. The van der Waals surface area contributed by atoms with Crippen LogP contribution in [0.3, 0.4) is 0 Å². The predicted molar refractivity (Wildman–Crippen MR) is 99.3 cm³/mol. The van der Waals surface area contributed by atoms with Crippen molar-refractivity contribution in [2.24, 2.45) is 0 Å². The van der Waals surface area contributed by atoms with Crippen molar-refractivity contribution in [2.45, 2.75) is 45.3 Å². The van der Waals surface area contributed by atoms with E-state index in [0.717, 1.165) is 35.7 Å². The molecule has 1 aliphatic heterocycles. The fraction of sp³-hybridized carbons (Fsp3) is 0.450. The third-order valence-corrected chi connectivity index (χ3v) is 4.89. The molecule has 144 valence electrons. The van der Waals surface area contributed by atoms with E-state index in [9.17, 15) is 9.59 Å². The summed E-state index contributed by atoms with van der Waals surface area (Å²) in [4.78, 5) is 31.4. The van der Waals surface area contributed by atoms with Crippen LogP contribution in [0.2, 0.25) is 0 Å². The van der Waals surface area contributed by atoms with Gasteiger partial charge in [0.25, 0.3) is 0 Å². The van der Waals surface area contributed by atoms with Gasteiger partial charge in [-0.1, -0.05) is 19.1 Å². The van der Waals surface area contributed by atoms with E-state index < -0.39 is 12.0 Å². The first-order valence-electron chi connectivity index (χ1n) is 9.10. The van der Waals surface area contributed by atoms with Crippen molar-refractivity contribution in [1.82, 2.24) is 14.5 Å². The number of ether oxygens (including phenoxy) is 2. The molecule has 1 aromatic heterocycles. The fourth-order valence-electron chi connectivity index (χ4n) is 3.43. The smallest absolute Gasteiger partial charge is 0.329 e. The van der Waals surface area contributed by atoms with Crippen molar-refractivity contribution in [3.63, 3.8) is 0 Å². The molecule has 0 saturated carbocycles. The van der Waals surface area contributed by atoms with Crippen molar-refractivity contribution in [1.29, 1.82) is 0 Å². The molecule has 1 aromatic carbocycles. The molecule has 1 aliphatic rings. The minimum absolute atomic E-state index is 0.106. The molecule has 0 fully saturated rings. The number of esters is 1. The van der Waals surface area contributed by atoms with Gasteiger partial charge in [-0.15, -0.1) is 0 Å². The molecule has 0 unspecified atom stereocenters. The highest BCUT2D eigenvalue weighted by Crippen LogP contribution is 2.25. The lowest BCUT2D eigenvalue weighted by Gasteiger charge is -2.34. The van der Waals surface area contributed by atoms with Crippen LogP contribution in [-0.2, 0) is 40.3 Å². The average molecular weight is 371 g/mol. The minimum Gasteiger partial charge on any atom is -0.497 e. The number of hydrogen-bond donors (Lipinski definition) is 0. The number of carbonyl (C=O) groups excluding carboxylic acids is 2. The Morgan fingerprint density at radius 3 is 2.59 bits per heavy atom. The van der Waals surface area contributed by atoms with Gasteiger partial charge in [-0.25, -0.2) is 9.78 Å². The topological polar surface area (TPSA) is 73.7 Å². The van der Waals surface area contributed by atoms with E-state index in [0.29, 0.717) is 13.0 Å². The van der Waals surface area contributed by atoms with Gasteiger partial charge in [-0.05, 0) is 24.1 Å². The summed E-state index contributed by atoms with van der Waals surface area (Å²) in [6, 6.07) is 6.73. The van der Waals surface area contributed by atoms with Crippen molar-refractivity contribution in [3.05, 3.63) is 47.5 Å². The standard InChI is InChI=1S/C20H25N3O4/c1-4-9-22-13-21-16-11-17(20(25)27-3)23(12-18(16)22)19(24)10-14-5-7-15(26-2)8-6-14/h5-8,13,17H,4,9-12H2,1-3H3/t17-/m0/s1. The Balaban J connectivity index is 1.83. The van der Waals surface area contributed by atoms with Crippen LogP contribution in [0.15, 0.2) is 30.6 Å². The number of hydrogen-bond acceptors (Lipinski definition) is 5. The zero-order valence-electron chi connectivity index (χ0n) is 16.0. The highest BCUT2D eigenvalue weighted by molar-refractivity contribution is 5.86. The maximum Gasteiger partial charge on any atom is 0.329 e. The first-order chi connectivity index (χ1) is 13.1. The molecule has 27 heavy (non-hydrogen) atoms. The van der Waals surface area contributed by atoms with Gasteiger partial charge in [0, 0.05) is 13.0 Å². The predicted octanol–water partition coefficient (Wildman–Crippen LogP) is 1.97. The maximum absolute atomic E-state index is 13.0. The molecule has 7 heteroatoms. The van der Waals surface area contributed by atoms with Crippen LogP contribution < -0.4 is 4.74 Å². The largest absolute Gasteiger partial charge is 0.497 e. The molecule has 1 atom stereocenters. The van der Waals surface area contributed by atoms with Gasteiger partial charge in [-0.3, -0.25) is 4.79 Å². The number of carbonyl (C=O) groups is 2. The van der Waals surface area contributed by atoms with Crippen LogP contribution in [0.25, 0.3) is 0 Å². The Hall–Kier alpha value is -2.83. The highest BCUT2D eigenvalue weighted by Gasteiger charge is 2.37. The molecular formula is C20H25N3O4. The molecule has 3 rings (SSSR count). The number of amides is 1. The van der Waals surface area contributed by atoms with E-state index in [1.807, 2.05) is 24.3 Å². The SMILES string of the molecule is CCCn1cnc2c1CN(C(=O)Cc1ccc(OC)cc1)[C@H](C(=O)OC)C2. The average Bonchev–Trinajstić information content (AvgIpc) is 3.09. The maximum atomic E-state index is 13.0. The normalized spacial score (nSPS) is 16.0. The third-order valence-electron chi connectivity index (χ3n) is 4.89. The lowest BCUT2D eigenvalue weighted by atomic mass is 10.0. The van der Waals surface area contributed by atoms with Gasteiger partial charge in [0.1, 0.15) is 11.8 Å². The number of fused-ring (bicyclic) bond motifs is 1. The summed E-state index contributed by atoms with van der Waals surface area (Å²) >= 11 is 0. The Morgan fingerprint density at radius 2 is 1.96 bits per heavy atom. The van der Waals surface area contributed by atoms with Crippen LogP contribution in [0.5, 0.6) is 5.75 Å². The Labute approximate surface area is 158 Å². The number of nitrogens with zero attached hydrogens (tertiary/aromatic N) is 3. The molecule has 0 N–H and O–H groups in total. The first kappa shape index (κ1) is 18.9. The van der Waals surface area contributed by atoms with Crippen molar-refractivity contribution < 1.29 is 19.1 Å². The van der Waals surface area contributed by atoms with Gasteiger partial charge < -0.3 is 18.9 Å². The van der Waals surface area contributed by atoms with E-state index in [-0.39, 0.29) is 12.3 Å². The fourth-order valence-corrected chi connectivity index (χ4v) is 3.43. The van der Waals surface area contributed by atoms with E-state index in [4.69, 9.17) is 9.47 Å². The van der Waals surface area contributed by atoms with Crippen LogP contribution in [0.4, 0.5) is 0 Å². The van der Waals surface area contributed by atoms with Gasteiger partial charge in [0.15, 0.2) is 0 Å². The second-order valence-electron chi connectivity index (χ2n) is 6.62. The van der Waals surface area contributed by atoms with E-state index in [1.54, 1.807) is 18.3 Å². The minimum atomic E-state index is -0.641. The molecule has 0 radical (unpaired) electrons. The van der Waals surface area contributed by atoms with Crippen molar-refractivity contribution >= 4 is 11.9 Å². The molecule has 1 amide bonds. The van der Waals surface area contributed by atoms with E-state index >= 15 is 0 Å². The van der Waals surface area contributed by atoms with Crippen molar-refractivity contribution in [2.75, 3.05) is 14.2 Å². The van der Waals surface area contributed by atoms with Crippen LogP contribution in [0, 0.1) is 0 Å². The number of imidazole rings is 1. The molecule has 0 aliphatic carbocycles. The van der Waals surface area contributed by atoms with Crippen LogP contribution in [-0.4, -0.2) is 46.6 Å². The Kier molecular flexibility index (Phi) is 5.78. The molecular weight excluding hydrogens is 346 g/mol. The van der Waals surface area contributed by atoms with Gasteiger partial charge in [0.2, 0.25) is 5.91 Å². The van der Waals surface area contributed by atoms with E-state index in [1.165, 1.54) is 7.11 Å². The van der Waals surface area contributed by atoms with Crippen LogP contribution in [0.1, 0.15) is 30.3 Å². The summed E-state index contributed by atoms with van der Waals surface area (Å²) in [6.07, 6.45) is 3.37. The summed E-state index contributed by atoms with van der Waals surface area (Å²) in [5.74, 6) is 0.226. The third kappa shape index (κ3) is 3.97. The van der Waals surface area contributed by atoms with E-state index in [2.05, 4.69) is 16.5 Å². The summed E-state index contributed by atoms with van der Waals surface area (Å²) < 4.78 is 12.2. The first-order valence-corrected chi connectivity index (χ1v) is 9.10. The molecule has 2 aromatic rings. The van der Waals surface area contributed by atoms with Crippen molar-refractivity contribution in [3.8, 4) is 5.75 Å². The summed E-state index contributed by atoms with van der Waals surface area (Å²) in [5.41, 5.74) is 2.74. The van der Waals surface area contributed by atoms with Gasteiger partial charge in [-0.2, -0.15) is 0 Å². The summed E-state index contributed by atoms with van der Waals surface area (Å²) in [6.45, 7) is 3.30. The molecule has 2 heterocycles. The monoisotopic (exact) mass is 371 g/mol. The van der Waals surface area contributed by atoms with Gasteiger partial charge >= 0.3 is 5.97 Å². The number of methoxy groups -OCH3 is 2. The Bertz CT molecular complexity index is 813. The number of rotatable bonds is 6. The molecule has 0 spiro atoms. The summed E-state index contributed by atoms with van der Waals surface area (Å²) in [5, 5.41) is 0.